The van der Waals surface area contributed by atoms with Crippen LogP contribution in [0.15, 0.2) is 47.5 Å². The maximum absolute atomic E-state index is 13.1. The minimum absolute atomic E-state index is 0.00403. The summed E-state index contributed by atoms with van der Waals surface area (Å²) in [6.45, 7) is 2.29. The van der Waals surface area contributed by atoms with Crippen LogP contribution in [-0.4, -0.2) is 23.0 Å². The quantitative estimate of drug-likeness (QED) is 0.676. The molecule has 7 heteroatoms. The number of aromatic nitrogens is 2. The van der Waals surface area contributed by atoms with Gasteiger partial charge in [-0.25, -0.2) is 4.39 Å². The van der Waals surface area contributed by atoms with Crippen LogP contribution >= 0.6 is 0 Å². The van der Waals surface area contributed by atoms with Crippen LogP contribution in [0.3, 0.4) is 0 Å². The number of nitrogens with one attached hydrogen (secondary N) is 1. The smallest absolute Gasteiger partial charge is 0.268 e. The minimum Gasteiger partial charge on any atom is -0.496 e. The highest BCUT2D eigenvalue weighted by Gasteiger charge is 2.23. The Kier molecular flexibility index (Phi) is 6.82. The first kappa shape index (κ1) is 21.5. The third kappa shape index (κ3) is 4.84. The second-order valence-electron chi connectivity index (χ2n) is 7.64. The molecule has 6 nitrogen and oxygen atoms in total. The zero-order chi connectivity index (χ0) is 21.7. The first-order chi connectivity index (χ1) is 14.4. The predicted molar refractivity (Wildman–Crippen MR) is 114 cm³/mol. The fourth-order valence-electron chi connectivity index (χ4n) is 4.05. The van der Waals surface area contributed by atoms with E-state index in [2.05, 4.69) is 16.9 Å². The molecule has 2 heterocycles. The van der Waals surface area contributed by atoms with Gasteiger partial charge in [0.2, 0.25) is 0 Å². The molecule has 2 aromatic heterocycles. The van der Waals surface area contributed by atoms with E-state index in [1.54, 1.807) is 13.2 Å². The molecular weight excluding hydrogens is 385 g/mol. The first-order valence-electron chi connectivity index (χ1n) is 10.00. The molecule has 0 saturated heterocycles. The van der Waals surface area contributed by atoms with Crippen molar-refractivity contribution < 1.29 is 13.9 Å². The number of carbonyl (C=O) groups excluding carboxylic acids is 1. The van der Waals surface area contributed by atoms with Gasteiger partial charge in [0.1, 0.15) is 17.3 Å². The Bertz CT molecular complexity index is 1090. The number of rotatable bonds is 3. The fraction of sp³-hybridized carbons (Fsp3) is 0.348. The highest BCUT2D eigenvalue weighted by atomic mass is 19.1. The van der Waals surface area contributed by atoms with E-state index in [-0.39, 0.29) is 22.3 Å². The van der Waals surface area contributed by atoms with Gasteiger partial charge in [-0.3, -0.25) is 14.6 Å². The maximum Gasteiger partial charge on any atom is 0.268 e. The average molecular weight is 411 g/mol. The molecular formula is C23H26FN3O3. The number of carbonyl (C=O) groups is 1. The van der Waals surface area contributed by atoms with Crippen LogP contribution < -0.4 is 15.9 Å². The van der Waals surface area contributed by atoms with Crippen molar-refractivity contribution in [3.05, 3.63) is 70.0 Å². The van der Waals surface area contributed by atoms with Crippen LogP contribution in [0.5, 0.6) is 5.75 Å². The number of halogens is 1. The Morgan fingerprint density at radius 2 is 2.07 bits per heavy atom. The van der Waals surface area contributed by atoms with Crippen LogP contribution in [0.1, 0.15) is 54.6 Å². The lowest BCUT2D eigenvalue weighted by Gasteiger charge is -2.28. The summed E-state index contributed by atoms with van der Waals surface area (Å²) in [4.78, 5) is 29.0. The molecule has 3 N–H and O–H groups in total. The van der Waals surface area contributed by atoms with Crippen molar-refractivity contribution in [2.24, 2.45) is 11.7 Å². The summed E-state index contributed by atoms with van der Waals surface area (Å²) in [5.74, 6) is 1.10. The molecule has 1 saturated carbocycles. The third-order valence-electron chi connectivity index (χ3n) is 5.48. The molecule has 0 spiro atoms. The number of fused-ring (bicyclic) bond motifs is 1. The number of hydrogen-bond acceptors (Lipinski definition) is 4. The van der Waals surface area contributed by atoms with Crippen LogP contribution in [0.25, 0.3) is 10.9 Å². The van der Waals surface area contributed by atoms with Gasteiger partial charge in [-0.1, -0.05) is 25.8 Å². The monoisotopic (exact) mass is 411 g/mol. The molecule has 1 aliphatic carbocycles. The highest BCUT2D eigenvalue weighted by Crippen LogP contribution is 2.39. The topological polar surface area (TPSA) is 98.1 Å². The van der Waals surface area contributed by atoms with Gasteiger partial charge in [0.25, 0.3) is 5.91 Å². The SMILES string of the molecule is COc1cc(F)ccc1C1CCCC(C)C1.NC(=O)c1nccc2[nH]ccc(=O)c12. The number of pyridine rings is 2. The fourth-order valence-corrected chi connectivity index (χ4v) is 4.05. The lowest BCUT2D eigenvalue weighted by molar-refractivity contribution is 0.0997. The Morgan fingerprint density at radius 1 is 1.27 bits per heavy atom. The van der Waals surface area contributed by atoms with Crippen molar-refractivity contribution >= 4 is 16.8 Å². The maximum atomic E-state index is 13.1. The molecule has 0 radical (unpaired) electrons. The summed E-state index contributed by atoms with van der Waals surface area (Å²) in [6.07, 6.45) is 7.93. The van der Waals surface area contributed by atoms with Gasteiger partial charge in [-0.05, 0) is 42.4 Å². The zero-order valence-corrected chi connectivity index (χ0v) is 17.2. The molecule has 2 unspecified atom stereocenters. The normalized spacial score (nSPS) is 18.4. The van der Waals surface area contributed by atoms with Gasteiger partial charge in [0.15, 0.2) is 5.43 Å². The van der Waals surface area contributed by atoms with Crippen molar-refractivity contribution in [2.45, 2.75) is 38.5 Å². The highest BCUT2D eigenvalue weighted by molar-refractivity contribution is 6.03. The number of H-pyrrole nitrogens is 1. The van der Waals surface area contributed by atoms with Gasteiger partial charge in [0.05, 0.1) is 18.0 Å². The molecule has 3 aromatic rings. The first-order valence-corrected chi connectivity index (χ1v) is 10.00. The Morgan fingerprint density at radius 3 is 2.77 bits per heavy atom. The number of benzene rings is 1. The van der Waals surface area contributed by atoms with E-state index in [4.69, 9.17) is 10.5 Å². The molecule has 158 valence electrons. The van der Waals surface area contributed by atoms with E-state index in [9.17, 15) is 14.0 Å². The molecule has 0 bridgehead atoms. The number of ether oxygens (including phenoxy) is 1. The van der Waals surface area contributed by atoms with E-state index in [0.717, 1.165) is 5.92 Å². The summed E-state index contributed by atoms with van der Waals surface area (Å²) < 4.78 is 18.4. The number of aromatic amines is 1. The zero-order valence-electron chi connectivity index (χ0n) is 17.2. The molecule has 2 atom stereocenters. The van der Waals surface area contributed by atoms with Gasteiger partial charge in [-0.2, -0.15) is 0 Å². The van der Waals surface area contributed by atoms with Crippen LogP contribution in [0.2, 0.25) is 0 Å². The minimum atomic E-state index is -0.702. The summed E-state index contributed by atoms with van der Waals surface area (Å²) in [5.41, 5.74) is 6.57. The van der Waals surface area contributed by atoms with E-state index in [1.165, 1.54) is 61.8 Å². The molecule has 0 aliphatic heterocycles. The second kappa shape index (κ2) is 9.52. The van der Waals surface area contributed by atoms with Crippen molar-refractivity contribution in [2.75, 3.05) is 7.11 Å². The van der Waals surface area contributed by atoms with Crippen LogP contribution in [-0.2, 0) is 0 Å². The van der Waals surface area contributed by atoms with Crippen molar-refractivity contribution in [3.63, 3.8) is 0 Å². The molecule has 4 rings (SSSR count). The van der Waals surface area contributed by atoms with Crippen molar-refractivity contribution in [3.8, 4) is 5.75 Å². The summed E-state index contributed by atoms with van der Waals surface area (Å²) in [7, 11) is 1.62. The number of nitrogens with two attached hydrogens (primary N) is 1. The Labute approximate surface area is 174 Å². The number of methoxy groups -OCH3 is 1. The van der Waals surface area contributed by atoms with Crippen LogP contribution in [0, 0.1) is 11.7 Å². The van der Waals surface area contributed by atoms with E-state index >= 15 is 0 Å². The summed E-state index contributed by atoms with van der Waals surface area (Å²) in [6, 6.07) is 7.86. The second-order valence-corrected chi connectivity index (χ2v) is 7.64. The summed E-state index contributed by atoms with van der Waals surface area (Å²) >= 11 is 0. The Hall–Kier alpha value is -3.22. The average Bonchev–Trinajstić information content (AvgIpc) is 2.74. The number of amides is 1. The molecule has 1 aliphatic rings. The van der Waals surface area contributed by atoms with Gasteiger partial charge >= 0.3 is 0 Å². The van der Waals surface area contributed by atoms with Crippen molar-refractivity contribution in [1.29, 1.82) is 0 Å². The largest absolute Gasteiger partial charge is 0.496 e. The molecule has 1 amide bonds. The standard InChI is InChI=1S/C14H19FO.C9H7N3O2/c1-10-4-3-5-11(8-10)13-7-6-12(15)9-14(13)16-2;10-9(14)8-7-5(1-3-12-8)11-4-2-6(7)13/h6-7,9-11H,3-5,8H2,1-2H3;1-4H,(H2,10,14)(H,11,13). The Balaban J connectivity index is 0.000000172. The van der Waals surface area contributed by atoms with E-state index < -0.39 is 5.91 Å². The molecule has 1 aromatic carbocycles. The summed E-state index contributed by atoms with van der Waals surface area (Å²) in [5, 5.41) is 0.238. The van der Waals surface area contributed by atoms with Crippen LogP contribution in [0.4, 0.5) is 4.39 Å². The van der Waals surface area contributed by atoms with Gasteiger partial charge in [-0.15, -0.1) is 0 Å². The predicted octanol–water partition coefficient (Wildman–Crippen LogP) is 4.15. The third-order valence-corrected chi connectivity index (χ3v) is 5.48. The van der Waals surface area contributed by atoms with E-state index in [0.29, 0.717) is 17.2 Å². The molecule has 30 heavy (non-hydrogen) atoms. The number of hydrogen-bond donors (Lipinski definition) is 2. The lowest BCUT2D eigenvalue weighted by Crippen LogP contribution is -2.17. The van der Waals surface area contributed by atoms with Gasteiger partial charge < -0.3 is 15.5 Å². The number of nitrogens with zero attached hydrogens (tertiary/aromatic N) is 1. The van der Waals surface area contributed by atoms with Crippen molar-refractivity contribution in [1.82, 2.24) is 9.97 Å². The van der Waals surface area contributed by atoms with Gasteiger partial charge in [0, 0.05) is 24.5 Å². The lowest BCUT2D eigenvalue weighted by atomic mass is 9.78. The number of primary amides is 1. The molecule has 1 fully saturated rings. The van der Waals surface area contributed by atoms with E-state index in [1.807, 2.05) is 6.07 Å².